The highest BCUT2D eigenvalue weighted by molar-refractivity contribution is 5.75. The van der Waals surface area contributed by atoms with Crippen molar-refractivity contribution in [3.05, 3.63) is 0 Å². The maximum atomic E-state index is 12.1. The van der Waals surface area contributed by atoms with Gasteiger partial charge < -0.3 is 16.0 Å². The summed E-state index contributed by atoms with van der Waals surface area (Å²) in [5, 5.41) is 3.13. The van der Waals surface area contributed by atoms with Crippen LogP contribution in [0.5, 0.6) is 0 Å². The van der Waals surface area contributed by atoms with Crippen molar-refractivity contribution < 1.29 is 4.79 Å². The number of urea groups is 1. The summed E-state index contributed by atoms with van der Waals surface area (Å²) < 4.78 is 0. The minimum Gasteiger partial charge on any atom is -0.335 e. The van der Waals surface area contributed by atoms with Gasteiger partial charge in [-0.3, -0.25) is 0 Å². The van der Waals surface area contributed by atoms with Crippen molar-refractivity contribution in [1.82, 2.24) is 10.2 Å². The Bertz CT molecular complexity index is 303. The lowest BCUT2D eigenvalue weighted by atomic mass is 9.78. The Kier molecular flexibility index (Phi) is 2.99. The van der Waals surface area contributed by atoms with Crippen molar-refractivity contribution in [1.29, 1.82) is 0 Å². The second-order valence-electron chi connectivity index (χ2n) is 6.00. The van der Waals surface area contributed by atoms with E-state index in [0.717, 1.165) is 32.4 Å². The zero-order valence-electron chi connectivity index (χ0n) is 10.4. The molecule has 17 heavy (non-hydrogen) atoms. The number of nitrogens with two attached hydrogens (primary N) is 1. The Morgan fingerprint density at radius 3 is 2.53 bits per heavy atom. The number of rotatable bonds is 1. The van der Waals surface area contributed by atoms with E-state index < -0.39 is 0 Å². The first-order valence-corrected chi connectivity index (χ1v) is 7.05. The molecule has 0 aromatic carbocycles. The normalized spacial score (nSPS) is 37.5. The molecule has 0 spiro atoms. The second kappa shape index (κ2) is 4.48. The van der Waals surface area contributed by atoms with E-state index in [1.807, 2.05) is 4.90 Å². The molecule has 1 aliphatic heterocycles. The van der Waals surface area contributed by atoms with Crippen molar-refractivity contribution in [2.24, 2.45) is 17.6 Å². The molecule has 96 valence electrons. The van der Waals surface area contributed by atoms with Gasteiger partial charge in [0.1, 0.15) is 0 Å². The maximum Gasteiger partial charge on any atom is 0.317 e. The van der Waals surface area contributed by atoms with Crippen molar-refractivity contribution in [2.75, 3.05) is 13.1 Å². The molecule has 4 heteroatoms. The molecule has 0 aromatic heterocycles. The monoisotopic (exact) mass is 237 g/mol. The van der Waals surface area contributed by atoms with Crippen LogP contribution in [0.25, 0.3) is 0 Å². The van der Waals surface area contributed by atoms with E-state index in [0.29, 0.717) is 23.9 Å². The SMILES string of the molecule is NC1CCCC2CN(C(=O)NC3CCC3)CC12. The average molecular weight is 237 g/mol. The lowest BCUT2D eigenvalue weighted by Gasteiger charge is -2.29. The van der Waals surface area contributed by atoms with Gasteiger partial charge in [-0.25, -0.2) is 4.79 Å². The maximum absolute atomic E-state index is 12.1. The first-order chi connectivity index (χ1) is 8.24. The van der Waals surface area contributed by atoms with E-state index in [-0.39, 0.29) is 6.03 Å². The third-order valence-electron chi connectivity index (χ3n) is 4.87. The molecule has 3 fully saturated rings. The molecule has 3 rings (SSSR count). The van der Waals surface area contributed by atoms with Gasteiger partial charge in [-0.05, 0) is 43.9 Å². The molecule has 3 aliphatic rings. The van der Waals surface area contributed by atoms with E-state index in [2.05, 4.69) is 5.32 Å². The first-order valence-electron chi connectivity index (χ1n) is 7.05. The van der Waals surface area contributed by atoms with Gasteiger partial charge in [0.05, 0.1) is 0 Å². The molecular weight excluding hydrogens is 214 g/mol. The molecule has 4 nitrogen and oxygen atoms in total. The average Bonchev–Trinajstić information content (AvgIpc) is 2.68. The predicted octanol–water partition coefficient (Wildman–Crippen LogP) is 1.31. The zero-order chi connectivity index (χ0) is 11.8. The van der Waals surface area contributed by atoms with Crippen LogP contribution >= 0.6 is 0 Å². The van der Waals surface area contributed by atoms with Gasteiger partial charge >= 0.3 is 6.03 Å². The quantitative estimate of drug-likeness (QED) is 0.722. The number of nitrogens with zero attached hydrogens (tertiary/aromatic N) is 1. The van der Waals surface area contributed by atoms with E-state index in [9.17, 15) is 4.79 Å². The highest BCUT2D eigenvalue weighted by Crippen LogP contribution is 2.35. The highest BCUT2D eigenvalue weighted by atomic mass is 16.2. The Morgan fingerprint density at radius 1 is 1.12 bits per heavy atom. The van der Waals surface area contributed by atoms with Crippen molar-refractivity contribution >= 4 is 6.03 Å². The molecule has 2 saturated carbocycles. The van der Waals surface area contributed by atoms with Crippen molar-refractivity contribution in [3.63, 3.8) is 0 Å². The van der Waals surface area contributed by atoms with E-state index in [1.165, 1.54) is 19.3 Å². The number of carbonyl (C=O) groups excluding carboxylic acids is 1. The van der Waals surface area contributed by atoms with E-state index in [1.54, 1.807) is 0 Å². The van der Waals surface area contributed by atoms with Crippen molar-refractivity contribution in [2.45, 2.75) is 50.6 Å². The van der Waals surface area contributed by atoms with Gasteiger partial charge in [0, 0.05) is 25.2 Å². The number of nitrogens with one attached hydrogen (secondary N) is 1. The van der Waals surface area contributed by atoms with Crippen LogP contribution in [0.1, 0.15) is 38.5 Å². The summed E-state index contributed by atoms with van der Waals surface area (Å²) in [5.74, 6) is 1.21. The number of hydrogen-bond acceptors (Lipinski definition) is 2. The van der Waals surface area contributed by atoms with Crippen LogP contribution in [-0.4, -0.2) is 36.1 Å². The van der Waals surface area contributed by atoms with Gasteiger partial charge in [-0.15, -0.1) is 0 Å². The fourth-order valence-corrected chi connectivity index (χ4v) is 3.50. The number of likely N-dealkylation sites (tertiary alicyclic amines) is 1. The van der Waals surface area contributed by atoms with Gasteiger partial charge in [0.25, 0.3) is 0 Å². The lowest BCUT2D eigenvalue weighted by Crippen LogP contribution is -2.47. The molecule has 2 aliphatic carbocycles. The predicted molar refractivity (Wildman–Crippen MR) is 66.6 cm³/mol. The van der Waals surface area contributed by atoms with Crippen LogP contribution in [0.15, 0.2) is 0 Å². The minimum atomic E-state index is 0.149. The van der Waals surface area contributed by atoms with Crippen LogP contribution in [0.3, 0.4) is 0 Å². The second-order valence-corrected chi connectivity index (χ2v) is 6.00. The summed E-state index contributed by atoms with van der Waals surface area (Å²) in [7, 11) is 0. The first kappa shape index (κ1) is 11.3. The van der Waals surface area contributed by atoms with Crippen LogP contribution in [0.2, 0.25) is 0 Å². The number of fused-ring (bicyclic) bond motifs is 1. The molecule has 3 unspecified atom stereocenters. The van der Waals surface area contributed by atoms with Gasteiger partial charge in [-0.2, -0.15) is 0 Å². The van der Waals surface area contributed by atoms with Crippen molar-refractivity contribution in [3.8, 4) is 0 Å². The summed E-state index contributed by atoms with van der Waals surface area (Å²) in [4.78, 5) is 14.1. The van der Waals surface area contributed by atoms with Crippen LogP contribution in [0.4, 0.5) is 4.79 Å². The standard InChI is InChI=1S/C13H23N3O/c14-12-6-1-3-9-7-16(8-11(9)12)13(17)15-10-4-2-5-10/h9-12H,1-8,14H2,(H,15,17). The number of amides is 2. The summed E-state index contributed by atoms with van der Waals surface area (Å²) in [6.45, 7) is 1.81. The topological polar surface area (TPSA) is 58.4 Å². The van der Waals surface area contributed by atoms with Crippen LogP contribution < -0.4 is 11.1 Å². The molecule has 1 heterocycles. The summed E-state index contributed by atoms with van der Waals surface area (Å²) >= 11 is 0. The summed E-state index contributed by atoms with van der Waals surface area (Å²) in [5.41, 5.74) is 6.16. The fourth-order valence-electron chi connectivity index (χ4n) is 3.50. The Balaban J connectivity index is 1.56. The highest BCUT2D eigenvalue weighted by Gasteiger charge is 2.40. The Hall–Kier alpha value is -0.770. The molecule has 0 radical (unpaired) electrons. The largest absolute Gasteiger partial charge is 0.335 e. The number of hydrogen-bond donors (Lipinski definition) is 2. The molecule has 0 bridgehead atoms. The van der Waals surface area contributed by atoms with Gasteiger partial charge in [0.2, 0.25) is 0 Å². The molecule has 3 N–H and O–H groups in total. The minimum absolute atomic E-state index is 0.149. The van der Waals surface area contributed by atoms with Gasteiger partial charge in [-0.1, -0.05) is 6.42 Å². The third-order valence-corrected chi connectivity index (χ3v) is 4.87. The molecular formula is C13H23N3O. The number of carbonyl (C=O) groups is 1. The van der Waals surface area contributed by atoms with E-state index >= 15 is 0 Å². The fraction of sp³-hybridized carbons (Fsp3) is 0.923. The lowest BCUT2D eigenvalue weighted by molar-refractivity contribution is 0.194. The molecule has 1 saturated heterocycles. The summed E-state index contributed by atoms with van der Waals surface area (Å²) in [6, 6.07) is 0.908. The van der Waals surface area contributed by atoms with Crippen LogP contribution in [-0.2, 0) is 0 Å². The van der Waals surface area contributed by atoms with E-state index in [4.69, 9.17) is 5.73 Å². The summed E-state index contributed by atoms with van der Waals surface area (Å²) in [6.07, 6.45) is 7.21. The van der Waals surface area contributed by atoms with Crippen LogP contribution in [0, 0.1) is 11.8 Å². The Morgan fingerprint density at radius 2 is 1.88 bits per heavy atom. The Labute approximate surface area is 103 Å². The third kappa shape index (κ3) is 2.15. The van der Waals surface area contributed by atoms with Gasteiger partial charge in [0.15, 0.2) is 0 Å². The molecule has 3 atom stereocenters. The molecule has 2 amide bonds. The molecule has 0 aromatic rings. The smallest absolute Gasteiger partial charge is 0.317 e. The zero-order valence-corrected chi connectivity index (χ0v) is 10.4.